The minimum atomic E-state index is -0.102. The first-order valence-electron chi connectivity index (χ1n) is 7.45. The zero-order chi connectivity index (χ0) is 15.9. The maximum Gasteiger partial charge on any atom is 0.114 e. The first kappa shape index (κ1) is 15.2. The molecule has 2 heteroatoms. The topological polar surface area (TPSA) is 12.0 Å². The Morgan fingerprint density at radius 3 is 2.00 bits per heavy atom. The number of benzene rings is 3. The molecule has 0 bridgehead atoms. The molecule has 3 aromatic rings. The van der Waals surface area contributed by atoms with Gasteiger partial charge < -0.3 is 5.32 Å². The highest BCUT2D eigenvalue weighted by Crippen LogP contribution is 2.21. The Labute approximate surface area is 141 Å². The predicted octanol–water partition coefficient (Wildman–Crippen LogP) is 5.54. The zero-order valence-corrected chi connectivity index (χ0v) is 13.3. The standard InChI is InChI=1S/C21H16ClN/c22-19-14-12-18(13-15-19)21(23-20-9-5-2-6-10-20)16-11-17-7-3-1-4-8-17/h1-10,12-15,21,23H/t21-/m1/s1. The van der Waals surface area contributed by atoms with Gasteiger partial charge in [-0.05, 0) is 42.0 Å². The SMILES string of the molecule is Clc1ccc([C@@H](C#Cc2ccccc2)Nc2ccccc2)cc1. The molecule has 0 radical (unpaired) electrons. The van der Waals surface area contributed by atoms with Crippen molar-refractivity contribution < 1.29 is 0 Å². The Bertz CT molecular complexity index is 799. The Morgan fingerprint density at radius 2 is 1.35 bits per heavy atom. The summed E-state index contributed by atoms with van der Waals surface area (Å²) in [4.78, 5) is 0. The molecule has 1 nitrogen and oxygen atoms in total. The van der Waals surface area contributed by atoms with E-state index in [4.69, 9.17) is 11.6 Å². The van der Waals surface area contributed by atoms with E-state index in [9.17, 15) is 0 Å². The van der Waals surface area contributed by atoms with Crippen LogP contribution in [0, 0.1) is 11.8 Å². The zero-order valence-electron chi connectivity index (χ0n) is 12.5. The van der Waals surface area contributed by atoms with E-state index in [-0.39, 0.29) is 6.04 Å². The summed E-state index contributed by atoms with van der Waals surface area (Å²) in [5.74, 6) is 6.55. The molecule has 0 saturated heterocycles. The molecule has 0 aromatic heterocycles. The van der Waals surface area contributed by atoms with E-state index in [1.807, 2.05) is 84.9 Å². The molecule has 0 amide bonds. The highest BCUT2D eigenvalue weighted by atomic mass is 35.5. The van der Waals surface area contributed by atoms with Crippen LogP contribution in [0.2, 0.25) is 5.02 Å². The van der Waals surface area contributed by atoms with E-state index in [1.54, 1.807) is 0 Å². The van der Waals surface area contributed by atoms with Crippen LogP contribution in [0.4, 0.5) is 5.69 Å². The van der Waals surface area contributed by atoms with E-state index in [2.05, 4.69) is 17.2 Å². The van der Waals surface area contributed by atoms with Crippen molar-refractivity contribution in [1.82, 2.24) is 0 Å². The van der Waals surface area contributed by atoms with Gasteiger partial charge in [0.2, 0.25) is 0 Å². The molecule has 1 N–H and O–H groups in total. The Morgan fingerprint density at radius 1 is 0.739 bits per heavy atom. The van der Waals surface area contributed by atoms with Gasteiger partial charge in [0, 0.05) is 16.3 Å². The van der Waals surface area contributed by atoms with Crippen LogP contribution in [-0.2, 0) is 0 Å². The van der Waals surface area contributed by atoms with E-state index in [1.165, 1.54) is 0 Å². The number of para-hydroxylation sites is 1. The highest BCUT2D eigenvalue weighted by molar-refractivity contribution is 6.30. The molecular formula is C21H16ClN. The normalized spacial score (nSPS) is 11.2. The van der Waals surface area contributed by atoms with Crippen molar-refractivity contribution in [3.05, 3.63) is 101 Å². The largest absolute Gasteiger partial charge is 0.368 e. The van der Waals surface area contributed by atoms with Crippen molar-refractivity contribution in [2.24, 2.45) is 0 Å². The lowest BCUT2D eigenvalue weighted by Gasteiger charge is -2.15. The van der Waals surface area contributed by atoms with Gasteiger partial charge in [0.15, 0.2) is 0 Å². The molecule has 0 aliphatic rings. The average Bonchev–Trinajstić information content (AvgIpc) is 2.61. The van der Waals surface area contributed by atoms with Crippen LogP contribution < -0.4 is 5.32 Å². The second kappa shape index (κ2) is 7.54. The van der Waals surface area contributed by atoms with Gasteiger partial charge in [-0.2, -0.15) is 0 Å². The summed E-state index contributed by atoms with van der Waals surface area (Å²) in [6.45, 7) is 0. The Kier molecular flexibility index (Phi) is 4.99. The molecular weight excluding hydrogens is 302 g/mol. The summed E-state index contributed by atoms with van der Waals surface area (Å²) in [5, 5.41) is 4.19. The van der Waals surface area contributed by atoms with Crippen LogP contribution in [0.5, 0.6) is 0 Å². The van der Waals surface area contributed by atoms with Crippen LogP contribution in [0.25, 0.3) is 0 Å². The monoisotopic (exact) mass is 317 g/mol. The number of hydrogen-bond donors (Lipinski definition) is 1. The number of hydrogen-bond acceptors (Lipinski definition) is 1. The second-order valence-electron chi connectivity index (χ2n) is 5.13. The molecule has 0 aliphatic carbocycles. The van der Waals surface area contributed by atoms with Crippen LogP contribution in [0.15, 0.2) is 84.9 Å². The van der Waals surface area contributed by atoms with E-state index < -0.39 is 0 Å². The number of rotatable bonds is 3. The van der Waals surface area contributed by atoms with Gasteiger partial charge in [-0.15, -0.1) is 0 Å². The third-order valence-corrected chi connectivity index (χ3v) is 3.67. The number of nitrogens with one attached hydrogen (secondary N) is 1. The molecule has 112 valence electrons. The van der Waals surface area contributed by atoms with Crippen LogP contribution in [0.1, 0.15) is 17.2 Å². The summed E-state index contributed by atoms with van der Waals surface area (Å²) >= 11 is 5.99. The quantitative estimate of drug-likeness (QED) is 0.625. The fourth-order valence-corrected chi connectivity index (χ4v) is 2.36. The molecule has 0 heterocycles. The van der Waals surface area contributed by atoms with Crippen LogP contribution in [-0.4, -0.2) is 0 Å². The molecule has 3 rings (SSSR count). The third-order valence-electron chi connectivity index (χ3n) is 3.42. The summed E-state index contributed by atoms with van der Waals surface area (Å²) in [6.07, 6.45) is 0. The van der Waals surface area contributed by atoms with E-state index in [0.717, 1.165) is 21.8 Å². The van der Waals surface area contributed by atoms with Gasteiger partial charge in [-0.1, -0.05) is 72.0 Å². The van der Waals surface area contributed by atoms with Gasteiger partial charge in [0.1, 0.15) is 6.04 Å². The molecule has 1 atom stereocenters. The van der Waals surface area contributed by atoms with Gasteiger partial charge >= 0.3 is 0 Å². The Hall–Kier alpha value is -2.69. The van der Waals surface area contributed by atoms with Crippen molar-refractivity contribution in [3.8, 4) is 11.8 Å². The number of anilines is 1. The molecule has 0 saturated carbocycles. The molecule has 0 spiro atoms. The lowest BCUT2D eigenvalue weighted by Crippen LogP contribution is -2.08. The van der Waals surface area contributed by atoms with E-state index in [0.29, 0.717) is 0 Å². The molecule has 0 unspecified atom stereocenters. The van der Waals surface area contributed by atoms with Crippen molar-refractivity contribution in [2.45, 2.75) is 6.04 Å². The fraction of sp³-hybridized carbons (Fsp3) is 0.0476. The first-order chi connectivity index (χ1) is 11.3. The van der Waals surface area contributed by atoms with Gasteiger partial charge in [-0.3, -0.25) is 0 Å². The summed E-state index contributed by atoms with van der Waals surface area (Å²) in [7, 11) is 0. The maximum atomic E-state index is 5.99. The minimum Gasteiger partial charge on any atom is -0.368 e. The lowest BCUT2D eigenvalue weighted by molar-refractivity contribution is 1.02. The molecule has 23 heavy (non-hydrogen) atoms. The van der Waals surface area contributed by atoms with Gasteiger partial charge in [-0.25, -0.2) is 0 Å². The van der Waals surface area contributed by atoms with Crippen molar-refractivity contribution >= 4 is 17.3 Å². The lowest BCUT2D eigenvalue weighted by atomic mass is 10.1. The molecule has 3 aromatic carbocycles. The van der Waals surface area contributed by atoms with Crippen molar-refractivity contribution in [1.29, 1.82) is 0 Å². The smallest absolute Gasteiger partial charge is 0.114 e. The Balaban J connectivity index is 1.90. The highest BCUT2D eigenvalue weighted by Gasteiger charge is 2.08. The van der Waals surface area contributed by atoms with Gasteiger partial charge in [0.05, 0.1) is 0 Å². The first-order valence-corrected chi connectivity index (χ1v) is 7.83. The van der Waals surface area contributed by atoms with Gasteiger partial charge in [0.25, 0.3) is 0 Å². The van der Waals surface area contributed by atoms with Crippen LogP contribution >= 0.6 is 11.6 Å². The molecule has 0 fully saturated rings. The molecule has 0 aliphatic heterocycles. The summed E-state index contributed by atoms with van der Waals surface area (Å²) in [6, 6.07) is 27.8. The second-order valence-corrected chi connectivity index (χ2v) is 5.57. The third kappa shape index (κ3) is 4.39. The minimum absolute atomic E-state index is 0.102. The van der Waals surface area contributed by atoms with Crippen LogP contribution in [0.3, 0.4) is 0 Å². The average molecular weight is 318 g/mol. The summed E-state index contributed by atoms with van der Waals surface area (Å²) in [5.41, 5.74) is 3.12. The van der Waals surface area contributed by atoms with E-state index >= 15 is 0 Å². The van der Waals surface area contributed by atoms with Crippen molar-refractivity contribution in [2.75, 3.05) is 5.32 Å². The fourth-order valence-electron chi connectivity index (χ4n) is 2.24. The predicted molar refractivity (Wildman–Crippen MR) is 97.6 cm³/mol. The summed E-state index contributed by atoms with van der Waals surface area (Å²) < 4.78 is 0. The maximum absolute atomic E-state index is 5.99. The van der Waals surface area contributed by atoms with Crippen molar-refractivity contribution in [3.63, 3.8) is 0 Å². The number of halogens is 1.